The second kappa shape index (κ2) is 13.6. The van der Waals surface area contributed by atoms with Gasteiger partial charge < -0.3 is 19.5 Å². The van der Waals surface area contributed by atoms with E-state index in [9.17, 15) is 4.79 Å². The highest BCUT2D eigenvalue weighted by atomic mass is 16.5. The molecule has 1 aliphatic rings. The number of para-hydroxylation sites is 1. The Morgan fingerprint density at radius 3 is 2.89 bits per heavy atom. The summed E-state index contributed by atoms with van der Waals surface area (Å²) in [7, 11) is 0. The van der Waals surface area contributed by atoms with Gasteiger partial charge >= 0.3 is 0 Å². The minimum absolute atomic E-state index is 0.217. The summed E-state index contributed by atoms with van der Waals surface area (Å²) in [6.07, 6.45) is 14.1. The summed E-state index contributed by atoms with van der Waals surface area (Å²) < 4.78 is 17.2. The average Bonchev–Trinajstić information content (AvgIpc) is 2.73. The smallest absolute Gasteiger partial charge is 0.189 e. The van der Waals surface area contributed by atoms with Crippen molar-refractivity contribution in [2.45, 2.75) is 51.7 Å². The number of unbranched alkanes of at least 4 members (excludes halogenated alkanes) is 5. The fourth-order valence-corrected chi connectivity index (χ4v) is 2.82. The molecule has 0 aromatic heterocycles. The Morgan fingerprint density at radius 2 is 2.04 bits per heavy atom. The minimum Gasteiger partial charge on any atom is -0.494 e. The summed E-state index contributed by atoms with van der Waals surface area (Å²) in [6.45, 7) is 3.37. The van der Waals surface area contributed by atoms with E-state index in [0.29, 0.717) is 12.4 Å². The van der Waals surface area contributed by atoms with E-state index in [1.54, 1.807) is 12.1 Å². The van der Waals surface area contributed by atoms with Crippen LogP contribution in [0.15, 0.2) is 48.4 Å². The maximum absolute atomic E-state index is 10.3. The highest BCUT2D eigenvalue weighted by Gasteiger charge is 2.12. The summed E-state index contributed by atoms with van der Waals surface area (Å²) in [6, 6.07) is 7.90. The van der Waals surface area contributed by atoms with Gasteiger partial charge in [-0.1, -0.05) is 57.2 Å². The Hall–Kier alpha value is -2.49. The molecule has 0 bridgehead atoms. The minimum atomic E-state index is -0.266. The van der Waals surface area contributed by atoms with Crippen LogP contribution in [0.25, 0.3) is 6.08 Å². The van der Waals surface area contributed by atoms with Crippen molar-refractivity contribution in [1.29, 1.82) is 0 Å². The Kier molecular flexibility index (Phi) is 10.6. The molecule has 1 N–H and O–H groups in total. The highest BCUT2D eigenvalue weighted by Crippen LogP contribution is 2.24. The number of carbonyl (C=O) groups excluding carboxylic acids is 1. The van der Waals surface area contributed by atoms with Crippen molar-refractivity contribution in [1.82, 2.24) is 5.32 Å². The van der Waals surface area contributed by atoms with Gasteiger partial charge in [-0.25, -0.2) is 4.79 Å². The van der Waals surface area contributed by atoms with Crippen LogP contribution in [0, 0.1) is 0 Å². The van der Waals surface area contributed by atoms with Crippen LogP contribution < -0.4 is 10.1 Å². The molecule has 5 heteroatoms. The lowest BCUT2D eigenvalue weighted by Gasteiger charge is -2.22. The van der Waals surface area contributed by atoms with Crippen LogP contribution in [-0.4, -0.2) is 32.0 Å². The first-order valence-electron chi connectivity index (χ1n) is 10.1. The quantitative estimate of drug-likeness (QED) is 0.287. The Balaban J connectivity index is 1.79. The first-order valence-corrected chi connectivity index (χ1v) is 10.1. The van der Waals surface area contributed by atoms with Crippen LogP contribution in [0.1, 0.15) is 51.0 Å². The first kappa shape index (κ1) is 21.8. The van der Waals surface area contributed by atoms with E-state index >= 15 is 0 Å². The molecule has 152 valence electrons. The van der Waals surface area contributed by atoms with E-state index in [4.69, 9.17) is 14.2 Å². The monoisotopic (exact) mass is 385 g/mol. The molecule has 5 nitrogen and oxygen atoms in total. The van der Waals surface area contributed by atoms with Crippen LogP contribution >= 0.6 is 0 Å². The van der Waals surface area contributed by atoms with Crippen molar-refractivity contribution in [2.24, 2.45) is 0 Å². The molecule has 0 aliphatic carbocycles. The maximum Gasteiger partial charge on any atom is 0.189 e. The zero-order valence-corrected chi connectivity index (χ0v) is 16.7. The van der Waals surface area contributed by atoms with Gasteiger partial charge in [-0.2, -0.15) is 0 Å². The standard InChI is InChI=1S/C23H31NO4/c1-2-3-4-5-6-9-17-27-21(19-26-16-10-15-25)18-24-23-14-13-20-11-7-8-12-22(20)28-23/h7-8,10-14,18,23-24H,2-6,9,16-17,19H2,1H3/b21-18+. The number of rotatable bonds is 14. The number of fused-ring (bicyclic) bond motifs is 1. The number of benzene rings is 1. The zero-order chi connectivity index (χ0) is 19.9. The van der Waals surface area contributed by atoms with Crippen molar-refractivity contribution < 1.29 is 19.0 Å². The Labute approximate surface area is 168 Å². The normalized spacial score (nSPS) is 15.3. The van der Waals surface area contributed by atoms with Crippen molar-refractivity contribution in [3.8, 4) is 5.75 Å². The molecule has 0 saturated heterocycles. The third kappa shape index (κ3) is 8.47. The lowest BCUT2D eigenvalue weighted by molar-refractivity contribution is 0.109. The summed E-state index contributed by atoms with van der Waals surface area (Å²) >= 11 is 0. The van der Waals surface area contributed by atoms with E-state index in [-0.39, 0.29) is 19.4 Å². The molecule has 28 heavy (non-hydrogen) atoms. The molecular formula is C23H31NO4. The molecular weight excluding hydrogens is 354 g/mol. The molecule has 0 amide bonds. The molecule has 1 heterocycles. The highest BCUT2D eigenvalue weighted by molar-refractivity contribution is 5.59. The largest absolute Gasteiger partial charge is 0.494 e. The van der Waals surface area contributed by atoms with Gasteiger partial charge in [0, 0.05) is 17.8 Å². The van der Waals surface area contributed by atoms with Crippen LogP contribution in [0.2, 0.25) is 0 Å². The lowest BCUT2D eigenvalue weighted by Crippen LogP contribution is -2.30. The third-order valence-electron chi connectivity index (χ3n) is 4.35. The van der Waals surface area contributed by atoms with Crippen molar-refractivity contribution in [2.75, 3.05) is 19.8 Å². The van der Waals surface area contributed by atoms with Gasteiger partial charge in [0.05, 0.1) is 13.2 Å². The third-order valence-corrected chi connectivity index (χ3v) is 4.35. The molecule has 1 atom stereocenters. The number of hydrogen-bond acceptors (Lipinski definition) is 5. The van der Waals surface area contributed by atoms with Crippen LogP contribution in [0.4, 0.5) is 0 Å². The first-order chi connectivity index (χ1) is 13.8. The molecule has 0 saturated carbocycles. The van der Waals surface area contributed by atoms with Gasteiger partial charge in [0.15, 0.2) is 6.23 Å². The van der Waals surface area contributed by atoms with Crippen molar-refractivity contribution in [3.05, 3.63) is 53.9 Å². The van der Waals surface area contributed by atoms with Gasteiger partial charge in [-0.05, 0) is 24.6 Å². The van der Waals surface area contributed by atoms with Crippen LogP contribution in [-0.2, 0) is 14.3 Å². The topological polar surface area (TPSA) is 56.8 Å². The molecule has 1 aliphatic heterocycles. The van der Waals surface area contributed by atoms with E-state index in [1.807, 2.05) is 36.4 Å². The molecule has 0 spiro atoms. The van der Waals surface area contributed by atoms with E-state index in [2.05, 4.69) is 12.2 Å². The number of ether oxygens (including phenoxy) is 3. The van der Waals surface area contributed by atoms with Gasteiger partial charge in [0.1, 0.15) is 24.1 Å². The predicted octanol–water partition coefficient (Wildman–Crippen LogP) is 4.63. The van der Waals surface area contributed by atoms with E-state index < -0.39 is 0 Å². The molecule has 0 radical (unpaired) electrons. The van der Waals surface area contributed by atoms with Crippen LogP contribution in [0.3, 0.4) is 0 Å². The number of nitrogens with one attached hydrogen (secondary N) is 1. The SMILES string of the molecule is CCCCCCCCO/C(=C/NC1C=Cc2ccccc2O1)COCC=C=O. The molecule has 1 unspecified atom stereocenters. The second-order valence-corrected chi connectivity index (χ2v) is 6.67. The Bertz CT molecular complexity index is 677. The second-order valence-electron chi connectivity index (χ2n) is 6.67. The van der Waals surface area contributed by atoms with Gasteiger partial charge in [-0.3, -0.25) is 0 Å². The average molecular weight is 386 g/mol. The Morgan fingerprint density at radius 1 is 1.21 bits per heavy atom. The van der Waals surface area contributed by atoms with Gasteiger partial charge in [0.2, 0.25) is 0 Å². The van der Waals surface area contributed by atoms with E-state index in [1.165, 1.54) is 38.2 Å². The summed E-state index contributed by atoms with van der Waals surface area (Å²) in [5.74, 6) is 3.24. The molecule has 1 aromatic rings. The van der Waals surface area contributed by atoms with Gasteiger partial charge in [0.25, 0.3) is 0 Å². The zero-order valence-electron chi connectivity index (χ0n) is 16.7. The predicted molar refractivity (Wildman–Crippen MR) is 112 cm³/mol. The summed E-state index contributed by atoms with van der Waals surface area (Å²) in [4.78, 5) is 10.3. The summed E-state index contributed by atoms with van der Waals surface area (Å²) in [5, 5.41) is 3.21. The number of hydrogen-bond donors (Lipinski definition) is 1. The fourth-order valence-electron chi connectivity index (χ4n) is 2.82. The lowest BCUT2D eigenvalue weighted by atomic mass is 10.1. The van der Waals surface area contributed by atoms with Crippen LogP contribution in [0.5, 0.6) is 5.75 Å². The van der Waals surface area contributed by atoms with Crippen molar-refractivity contribution in [3.63, 3.8) is 0 Å². The molecule has 0 fully saturated rings. The molecule has 2 rings (SSSR count). The molecule has 1 aromatic carbocycles. The van der Waals surface area contributed by atoms with E-state index in [0.717, 1.165) is 17.7 Å². The maximum atomic E-state index is 10.3. The fraction of sp³-hybridized carbons (Fsp3) is 0.478. The summed E-state index contributed by atoms with van der Waals surface area (Å²) in [5.41, 5.74) is 1.06. The van der Waals surface area contributed by atoms with Gasteiger partial charge in [-0.15, -0.1) is 0 Å². The van der Waals surface area contributed by atoms with Crippen molar-refractivity contribution >= 4 is 12.0 Å².